The van der Waals surface area contributed by atoms with Crippen LogP contribution in [0, 0.1) is 12.3 Å². The van der Waals surface area contributed by atoms with Crippen LogP contribution < -0.4 is 10.6 Å². The fourth-order valence-corrected chi connectivity index (χ4v) is 1.93. The molecule has 2 aromatic rings. The van der Waals surface area contributed by atoms with Crippen LogP contribution in [0.2, 0.25) is 5.02 Å². The van der Waals surface area contributed by atoms with Crippen LogP contribution in [-0.4, -0.2) is 16.9 Å². The second-order valence-corrected chi connectivity index (χ2v) is 4.99. The summed E-state index contributed by atoms with van der Waals surface area (Å²) in [6, 6.07) is 7.08. The summed E-state index contributed by atoms with van der Waals surface area (Å²) in [4.78, 5) is 10.9. The number of benzene rings is 1. The van der Waals surface area contributed by atoms with Gasteiger partial charge in [0.2, 0.25) is 11.7 Å². The number of rotatable bonds is 4. The highest BCUT2D eigenvalue weighted by Gasteiger charge is 2.10. The number of carbonyl (C=O) groups excluding carboxylic acids is 1. The van der Waals surface area contributed by atoms with E-state index in [4.69, 9.17) is 21.5 Å². The number of halogens is 1. The molecule has 0 fully saturated rings. The lowest BCUT2D eigenvalue weighted by atomic mass is 10.1. The SMILES string of the molecule is CC(=O)Nc1cc(C(=N)NCc2cc(Cl)ccc2C)on1. The Morgan fingerprint density at radius 1 is 1.43 bits per heavy atom. The van der Waals surface area contributed by atoms with Crippen molar-refractivity contribution >= 4 is 29.2 Å². The molecule has 0 spiro atoms. The minimum atomic E-state index is -0.246. The number of nitrogens with one attached hydrogen (secondary N) is 3. The quantitative estimate of drug-likeness (QED) is 0.598. The molecule has 0 radical (unpaired) electrons. The average molecular weight is 307 g/mol. The molecule has 1 amide bonds. The van der Waals surface area contributed by atoms with Crippen molar-refractivity contribution in [3.8, 4) is 0 Å². The number of aryl methyl sites for hydroxylation is 1. The molecule has 0 saturated heterocycles. The molecule has 0 aliphatic heterocycles. The van der Waals surface area contributed by atoms with Gasteiger partial charge in [0.1, 0.15) is 0 Å². The maximum atomic E-state index is 10.9. The molecule has 3 N–H and O–H groups in total. The van der Waals surface area contributed by atoms with E-state index in [1.54, 1.807) is 0 Å². The molecule has 0 aliphatic carbocycles. The van der Waals surface area contributed by atoms with Crippen molar-refractivity contribution in [2.24, 2.45) is 0 Å². The minimum Gasteiger partial charge on any atom is -0.363 e. The van der Waals surface area contributed by atoms with Crippen molar-refractivity contribution < 1.29 is 9.32 Å². The van der Waals surface area contributed by atoms with E-state index in [0.29, 0.717) is 11.6 Å². The smallest absolute Gasteiger partial charge is 0.222 e. The summed E-state index contributed by atoms with van der Waals surface area (Å²) in [5, 5.41) is 17.6. The van der Waals surface area contributed by atoms with E-state index in [0.717, 1.165) is 11.1 Å². The summed E-state index contributed by atoms with van der Waals surface area (Å²) in [5.74, 6) is 0.365. The van der Waals surface area contributed by atoms with Gasteiger partial charge in [-0.3, -0.25) is 10.2 Å². The maximum Gasteiger partial charge on any atom is 0.222 e. The Kier molecular flexibility index (Phi) is 4.59. The topological polar surface area (TPSA) is 91.0 Å². The lowest BCUT2D eigenvalue weighted by molar-refractivity contribution is -0.114. The van der Waals surface area contributed by atoms with E-state index in [2.05, 4.69) is 15.8 Å². The number of amides is 1. The zero-order chi connectivity index (χ0) is 15.4. The summed E-state index contributed by atoms with van der Waals surface area (Å²) >= 11 is 5.95. The molecule has 7 heteroatoms. The van der Waals surface area contributed by atoms with E-state index in [1.807, 2.05) is 25.1 Å². The Labute approximate surface area is 127 Å². The van der Waals surface area contributed by atoms with E-state index >= 15 is 0 Å². The summed E-state index contributed by atoms with van der Waals surface area (Å²) < 4.78 is 4.99. The number of amidine groups is 1. The van der Waals surface area contributed by atoms with Crippen LogP contribution in [0.1, 0.15) is 23.8 Å². The van der Waals surface area contributed by atoms with Crippen LogP contribution >= 0.6 is 11.6 Å². The molecule has 0 unspecified atom stereocenters. The third-order valence-corrected chi connectivity index (χ3v) is 3.06. The van der Waals surface area contributed by atoms with Gasteiger partial charge in [-0.2, -0.15) is 0 Å². The van der Waals surface area contributed by atoms with E-state index in [9.17, 15) is 4.79 Å². The van der Waals surface area contributed by atoms with Gasteiger partial charge in [0.15, 0.2) is 11.7 Å². The summed E-state index contributed by atoms with van der Waals surface area (Å²) in [6.45, 7) is 3.79. The van der Waals surface area contributed by atoms with E-state index in [1.165, 1.54) is 13.0 Å². The molecule has 0 aliphatic rings. The minimum absolute atomic E-state index is 0.0819. The first-order chi connectivity index (χ1) is 9.95. The highest BCUT2D eigenvalue weighted by molar-refractivity contribution is 6.30. The maximum absolute atomic E-state index is 10.9. The van der Waals surface area contributed by atoms with Gasteiger partial charge >= 0.3 is 0 Å². The molecule has 1 heterocycles. The van der Waals surface area contributed by atoms with Gasteiger partial charge in [0.25, 0.3) is 0 Å². The zero-order valence-electron chi connectivity index (χ0n) is 11.7. The van der Waals surface area contributed by atoms with Gasteiger partial charge in [0, 0.05) is 24.6 Å². The van der Waals surface area contributed by atoms with Crippen molar-refractivity contribution in [2.45, 2.75) is 20.4 Å². The Bertz CT molecular complexity index is 681. The Hall–Kier alpha value is -2.34. The molecule has 0 saturated carbocycles. The Morgan fingerprint density at radius 2 is 2.19 bits per heavy atom. The molecule has 2 rings (SSSR count). The second-order valence-electron chi connectivity index (χ2n) is 4.56. The third-order valence-electron chi connectivity index (χ3n) is 2.83. The molecule has 110 valence electrons. The Balaban J connectivity index is 2.00. The van der Waals surface area contributed by atoms with Crippen LogP contribution in [0.4, 0.5) is 5.82 Å². The monoisotopic (exact) mass is 306 g/mol. The molecule has 1 aromatic heterocycles. The average Bonchev–Trinajstić information content (AvgIpc) is 2.87. The van der Waals surface area contributed by atoms with Gasteiger partial charge in [0.05, 0.1) is 0 Å². The first-order valence-electron chi connectivity index (χ1n) is 6.28. The number of nitrogens with zero attached hydrogens (tertiary/aromatic N) is 1. The molecular weight excluding hydrogens is 292 g/mol. The van der Waals surface area contributed by atoms with E-state index in [-0.39, 0.29) is 23.3 Å². The van der Waals surface area contributed by atoms with Gasteiger partial charge in [-0.1, -0.05) is 22.8 Å². The fraction of sp³-hybridized carbons (Fsp3) is 0.214. The second kappa shape index (κ2) is 6.41. The first kappa shape index (κ1) is 15.1. The third kappa shape index (κ3) is 4.06. The lowest BCUT2D eigenvalue weighted by Gasteiger charge is -2.08. The van der Waals surface area contributed by atoms with Crippen molar-refractivity contribution in [1.29, 1.82) is 5.41 Å². The number of hydrogen-bond acceptors (Lipinski definition) is 4. The van der Waals surface area contributed by atoms with Gasteiger partial charge in [-0.05, 0) is 30.2 Å². The number of aromatic nitrogens is 1. The van der Waals surface area contributed by atoms with Crippen molar-refractivity contribution in [3.63, 3.8) is 0 Å². The summed E-state index contributed by atoms with van der Waals surface area (Å²) in [5.41, 5.74) is 2.07. The fourth-order valence-electron chi connectivity index (χ4n) is 1.73. The predicted molar refractivity (Wildman–Crippen MR) is 80.7 cm³/mol. The summed E-state index contributed by atoms with van der Waals surface area (Å²) in [6.07, 6.45) is 0. The lowest BCUT2D eigenvalue weighted by Crippen LogP contribution is -2.22. The number of anilines is 1. The number of hydrogen-bond donors (Lipinski definition) is 3. The molecule has 6 nitrogen and oxygen atoms in total. The first-order valence-corrected chi connectivity index (χ1v) is 6.65. The van der Waals surface area contributed by atoms with Gasteiger partial charge < -0.3 is 15.2 Å². The number of carbonyl (C=O) groups is 1. The highest BCUT2D eigenvalue weighted by Crippen LogP contribution is 2.15. The van der Waals surface area contributed by atoms with Crippen LogP contribution in [0.15, 0.2) is 28.8 Å². The van der Waals surface area contributed by atoms with E-state index < -0.39 is 0 Å². The molecule has 21 heavy (non-hydrogen) atoms. The summed E-state index contributed by atoms with van der Waals surface area (Å²) in [7, 11) is 0. The normalized spacial score (nSPS) is 10.2. The largest absolute Gasteiger partial charge is 0.363 e. The van der Waals surface area contributed by atoms with Crippen LogP contribution in [-0.2, 0) is 11.3 Å². The predicted octanol–water partition coefficient (Wildman–Crippen LogP) is 2.71. The van der Waals surface area contributed by atoms with Crippen LogP contribution in [0.3, 0.4) is 0 Å². The standard InChI is InChI=1S/C14H15ClN4O2/c1-8-3-4-11(15)5-10(8)7-17-14(16)12-6-13(19-21-12)18-9(2)20/h3-6H,7H2,1-2H3,(H2,16,17)(H,18,19,20). The van der Waals surface area contributed by atoms with Gasteiger partial charge in [-0.15, -0.1) is 0 Å². The zero-order valence-corrected chi connectivity index (χ0v) is 12.4. The van der Waals surface area contributed by atoms with Crippen molar-refractivity contribution in [3.05, 3.63) is 46.2 Å². The molecule has 0 atom stereocenters. The van der Waals surface area contributed by atoms with Crippen LogP contribution in [0.25, 0.3) is 0 Å². The Morgan fingerprint density at radius 3 is 2.90 bits per heavy atom. The molecule has 0 bridgehead atoms. The van der Waals surface area contributed by atoms with Crippen molar-refractivity contribution in [2.75, 3.05) is 5.32 Å². The molecule has 1 aromatic carbocycles. The molecular formula is C14H15ClN4O2. The van der Waals surface area contributed by atoms with Gasteiger partial charge in [-0.25, -0.2) is 0 Å². The van der Waals surface area contributed by atoms with Crippen LogP contribution in [0.5, 0.6) is 0 Å². The highest BCUT2D eigenvalue weighted by atomic mass is 35.5. The van der Waals surface area contributed by atoms with Crippen molar-refractivity contribution in [1.82, 2.24) is 10.5 Å².